The molecule has 1 heterocycles. The largest absolute Gasteiger partial charge is 0.316 e. The molecule has 1 N–H and O–H groups in total. The van der Waals surface area contributed by atoms with Crippen molar-refractivity contribution in [3.05, 3.63) is 115 Å². The zero-order chi connectivity index (χ0) is 21.8. The highest BCUT2D eigenvalue weighted by atomic mass is 32.1. The molecule has 0 atom stereocenters. The molecular formula is C27H20N4S. The van der Waals surface area contributed by atoms with E-state index in [1.807, 2.05) is 120 Å². The molecule has 0 saturated carbocycles. The standard InChI is InChI=1S/C27H20N4S/c32-27(31(21-14-6-2-7-15-21)22-16-8-3-9-17-22)30-26-23-18-10-11-19-24(23)28-25(29-26)20-12-4-1-5-13-20/h1-19H,(H,28,29,30,32). The molecular weight excluding hydrogens is 412 g/mol. The second-order valence-corrected chi connectivity index (χ2v) is 7.60. The van der Waals surface area contributed by atoms with E-state index in [0.29, 0.717) is 16.8 Å². The minimum Gasteiger partial charge on any atom is -0.316 e. The van der Waals surface area contributed by atoms with Crippen LogP contribution in [-0.2, 0) is 0 Å². The molecule has 0 bridgehead atoms. The Hall–Kier alpha value is -4.09. The predicted molar refractivity (Wildman–Crippen MR) is 136 cm³/mol. The molecule has 5 aromatic rings. The lowest BCUT2D eigenvalue weighted by molar-refractivity contribution is 1.22. The molecule has 0 aliphatic heterocycles. The number of rotatable bonds is 4. The van der Waals surface area contributed by atoms with Gasteiger partial charge in [0, 0.05) is 22.3 Å². The Balaban J connectivity index is 1.59. The number of hydrogen-bond acceptors (Lipinski definition) is 3. The first-order valence-electron chi connectivity index (χ1n) is 10.3. The first-order chi connectivity index (χ1) is 15.8. The molecule has 0 aliphatic rings. The number of fused-ring (bicyclic) bond motifs is 1. The normalized spacial score (nSPS) is 10.6. The zero-order valence-corrected chi connectivity index (χ0v) is 18.0. The third-order valence-corrected chi connectivity index (χ3v) is 5.38. The van der Waals surface area contributed by atoms with Crippen molar-refractivity contribution in [1.82, 2.24) is 9.97 Å². The topological polar surface area (TPSA) is 41.1 Å². The predicted octanol–water partition coefficient (Wildman–Crippen LogP) is 6.83. The molecule has 5 heteroatoms. The maximum absolute atomic E-state index is 5.90. The van der Waals surface area contributed by atoms with Gasteiger partial charge in [-0.05, 0) is 48.6 Å². The molecule has 0 radical (unpaired) electrons. The summed E-state index contributed by atoms with van der Waals surface area (Å²) in [4.78, 5) is 11.6. The van der Waals surface area contributed by atoms with E-state index in [2.05, 4.69) is 5.32 Å². The van der Waals surface area contributed by atoms with Gasteiger partial charge in [0.05, 0.1) is 5.52 Å². The van der Waals surface area contributed by atoms with Gasteiger partial charge in [-0.15, -0.1) is 0 Å². The van der Waals surface area contributed by atoms with Gasteiger partial charge < -0.3 is 5.32 Å². The Kier molecular flexibility index (Phi) is 5.56. The fourth-order valence-electron chi connectivity index (χ4n) is 3.58. The van der Waals surface area contributed by atoms with E-state index < -0.39 is 0 Å². The van der Waals surface area contributed by atoms with Gasteiger partial charge in [0.1, 0.15) is 5.82 Å². The Morgan fingerprint density at radius 1 is 0.625 bits per heavy atom. The summed E-state index contributed by atoms with van der Waals surface area (Å²) in [7, 11) is 0. The number of nitrogens with zero attached hydrogens (tertiary/aromatic N) is 3. The van der Waals surface area contributed by atoms with Gasteiger partial charge in [0.2, 0.25) is 0 Å². The number of para-hydroxylation sites is 3. The van der Waals surface area contributed by atoms with Crippen molar-refractivity contribution in [3.63, 3.8) is 0 Å². The first-order valence-corrected chi connectivity index (χ1v) is 10.7. The van der Waals surface area contributed by atoms with Crippen LogP contribution in [0.1, 0.15) is 0 Å². The lowest BCUT2D eigenvalue weighted by atomic mass is 10.2. The van der Waals surface area contributed by atoms with Crippen molar-refractivity contribution in [3.8, 4) is 11.4 Å². The second kappa shape index (κ2) is 8.96. The molecule has 4 aromatic carbocycles. The Morgan fingerprint density at radius 2 is 1.16 bits per heavy atom. The van der Waals surface area contributed by atoms with E-state index in [1.54, 1.807) is 0 Å². The van der Waals surface area contributed by atoms with E-state index >= 15 is 0 Å². The highest BCUT2D eigenvalue weighted by molar-refractivity contribution is 7.80. The van der Waals surface area contributed by atoms with E-state index in [-0.39, 0.29) is 0 Å². The lowest BCUT2D eigenvalue weighted by Crippen LogP contribution is -2.31. The molecule has 0 saturated heterocycles. The number of anilines is 3. The second-order valence-electron chi connectivity index (χ2n) is 7.22. The number of hydrogen-bond donors (Lipinski definition) is 1. The van der Waals surface area contributed by atoms with Crippen LogP contribution in [0.25, 0.3) is 22.3 Å². The third kappa shape index (κ3) is 4.06. The van der Waals surface area contributed by atoms with Crippen LogP contribution in [0.2, 0.25) is 0 Å². The minimum atomic E-state index is 0.533. The van der Waals surface area contributed by atoms with Crippen molar-refractivity contribution in [1.29, 1.82) is 0 Å². The number of nitrogens with one attached hydrogen (secondary N) is 1. The van der Waals surface area contributed by atoms with Crippen molar-refractivity contribution < 1.29 is 0 Å². The van der Waals surface area contributed by atoms with Crippen molar-refractivity contribution >= 4 is 45.4 Å². The van der Waals surface area contributed by atoms with Gasteiger partial charge in [-0.2, -0.15) is 0 Å². The van der Waals surface area contributed by atoms with Crippen molar-refractivity contribution in [2.45, 2.75) is 0 Å². The molecule has 0 aliphatic carbocycles. The van der Waals surface area contributed by atoms with E-state index in [9.17, 15) is 0 Å². The maximum atomic E-state index is 5.90. The highest BCUT2D eigenvalue weighted by Crippen LogP contribution is 2.29. The molecule has 1 aromatic heterocycles. The summed E-state index contributed by atoms with van der Waals surface area (Å²) in [5.74, 6) is 1.33. The average Bonchev–Trinajstić information content (AvgIpc) is 2.86. The molecule has 0 fully saturated rings. The quantitative estimate of drug-likeness (QED) is 0.315. The summed E-state index contributed by atoms with van der Waals surface area (Å²) in [6, 6.07) is 38.1. The summed E-state index contributed by atoms with van der Waals surface area (Å²) < 4.78 is 0. The summed E-state index contributed by atoms with van der Waals surface area (Å²) >= 11 is 5.90. The summed E-state index contributed by atoms with van der Waals surface area (Å²) in [6.07, 6.45) is 0. The highest BCUT2D eigenvalue weighted by Gasteiger charge is 2.17. The van der Waals surface area contributed by atoms with Crippen LogP contribution in [0.15, 0.2) is 115 Å². The average molecular weight is 433 g/mol. The molecule has 32 heavy (non-hydrogen) atoms. The first kappa shape index (κ1) is 19.8. The smallest absolute Gasteiger partial charge is 0.183 e. The van der Waals surface area contributed by atoms with Gasteiger partial charge >= 0.3 is 0 Å². The van der Waals surface area contributed by atoms with Gasteiger partial charge in [-0.1, -0.05) is 78.9 Å². The van der Waals surface area contributed by atoms with Crippen LogP contribution < -0.4 is 10.2 Å². The summed E-state index contributed by atoms with van der Waals surface area (Å²) in [6.45, 7) is 0. The Morgan fingerprint density at radius 3 is 1.78 bits per heavy atom. The number of aromatic nitrogens is 2. The van der Waals surface area contributed by atoms with Crippen LogP contribution in [0, 0.1) is 0 Å². The van der Waals surface area contributed by atoms with E-state index in [0.717, 1.165) is 27.8 Å². The molecule has 0 spiro atoms. The van der Waals surface area contributed by atoms with Gasteiger partial charge in [0.25, 0.3) is 0 Å². The fraction of sp³-hybridized carbons (Fsp3) is 0. The van der Waals surface area contributed by atoms with Crippen molar-refractivity contribution in [2.75, 3.05) is 10.2 Å². The lowest BCUT2D eigenvalue weighted by Gasteiger charge is -2.26. The Bertz CT molecular complexity index is 1320. The van der Waals surface area contributed by atoms with Crippen LogP contribution >= 0.6 is 12.2 Å². The monoisotopic (exact) mass is 432 g/mol. The van der Waals surface area contributed by atoms with Gasteiger partial charge in [-0.3, -0.25) is 4.90 Å². The van der Waals surface area contributed by atoms with Gasteiger partial charge in [0.15, 0.2) is 10.9 Å². The summed E-state index contributed by atoms with van der Waals surface area (Å²) in [5.41, 5.74) is 3.75. The minimum absolute atomic E-state index is 0.533. The molecule has 154 valence electrons. The van der Waals surface area contributed by atoms with Crippen LogP contribution in [0.5, 0.6) is 0 Å². The molecule has 4 nitrogen and oxygen atoms in total. The third-order valence-electron chi connectivity index (χ3n) is 5.09. The Labute approximate surface area is 192 Å². The van der Waals surface area contributed by atoms with Crippen LogP contribution in [0.4, 0.5) is 17.2 Å². The number of benzene rings is 4. The summed E-state index contributed by atoms with van der Waals surface area (Å²) in [5, 5.41) is 4.84. The van der Waals surface area contributed by atoms with E-state index in [4.69, 9.17) is 22.2 Å². The fourth-order valence-corrected chi connectivity index (χ4v) is 3.89. The molecule has 5 rings (SSSR count). The molecule has 0 unspecified atom stereocenters. The molecule has 0 amide bonds. The van der Waals surface area contributed by atoms with Crippen LogP contribution in [0.3, 0.4) is 0 Å². The van der Waals surface area contributed by atoms with E-state index in [1.165, 1.54) is 0 Å². The van der Waals surface area contributed by atoms with Crippen LogP contribution in [-0.4, -0.2) is 15.1 Å². The zero-order valence-electron chi connectivity index (χ0n) is 17.2. The maximum Gasteiger partial charge on any atom is 0.183 e. The number of thiocarbonyl (C=S) groups is 1. The SMILES string of the molecule is S=C(Nc1nc(-c2ccccc2)nc2ccccc12)N(c1ccccc1)c1ccccc1. The van der Waals surface area contributed by atoms with Crippen molar-refractivity contribution in [2.24, 2.45) is 0 Å². The van der Waals surface area contributed by atoms with Gasteiger partial charge in [-0.25, -0.2) is 9.97 Å².